The van der Waals surface area contributed by atoms with Gasteiger partial charge in [-0.1, -0.05) is 30.4 Å². The van der Waals surface area contributed by atoms with Crippen molar-refractivity contribution in [1.29, 1.82) is 0 Å². The van der Waals surface area contributed by atoms with Crippen molar-refractivity contribution in [3.63, 3.8) is 0 Å². The third-order valence-electron chi connectivity index (χ3n) is 5.53. The largest absolute Gasteiger partial charge is 0.493 e. The number of esters is 1. The number of aliphatic hydroxyl groups is 1. The highest BCUT2D eigenvalue weighted by Gasteiger charge is 2.36. The number of carbonyl (C=O) groups is 1. The van der Waals surface area contributed by atoms with Crippen LogP contribution < -0.4 is 9.47 Å². The number of likely N-dealkylation sites (tertiary alicyclic amines) is 1. The normalized spacial score (nSPS) is 16.8. The molecule has 2 aromatic rings. The summed E-state index contributed by atoms with van der Waals surface area (Å²) in [6, 6.07) is 10.2. The lowest BCUT2D eigenvalue weighted by Crippen LogP contribution is -2.42. The second-order valence-corrected chi connectivity index (χ2v) is 7.82. The van der Waals surface area contributed by atoms with E-state index in [1.54, 1.807) is 24.3 Å². The predicted molar refractivity (Wildman–Crippen MR) is 114 cm³/mol. The van der Waals surface area contributed by atoms with E-state index in [9.17, 15) is 23.1 Å². The molecule has 0 amide bonds. The third-order valence-corrected chi connectivity index (χ3v) is 5.53. The first-order chi connectivity index (χ1) is 15.1. The number of ether oxygens (including phenoxy) is 2. The fourth-order valence-electron chi connectivity index (χ4n) is 3.74. The third kappa shape index (κ3) is 5.89. The summed E-state index contributed by atoms with van der Waals surface area (Å²) in [5.41, 5.74) is -0.830. The van der Waals surface area contributed by atoms with E-state index in [1.807, 2.05) is 12.2 Å². The van der Waals surface area contributed by atoms with Gasteiger partial charge in [0.05, 0.1) is 18.3 Å². The number of alkyl halides is 3. The van der Waals surface area contributed by atoms with E-state index in [2.05, 4.69) is 4.90 Å². The second kappa shape index (κ2) is 9.75. The number of benzene rings is 2. The van der Waals surface area contributed by atoms with Gasteiger partial charge in [0.25, 0.3) is 0 Å². The van der Waals surface area contributed by atoms with Gasteiger partial charge in [-0.2, -0.15) is 13.2 Å². The number of halogens is 3. The number of rotatable bonds is 6. The summed E-state index contributed by atoms with van der Waals surface area (Å²) in [5, 5.41) is 10.9. The average Bonchev–Trinajstić information content (AvgIpc) is 2.75. The molecule has 0 atom stereocenters. The number of nitrogens with zero attached hydrogens (tertiary/aromatic N) is 1. The Bertz CT molecular complexity index is 979. The summed E-state index contributed by atoms with van der Waals surface area (Å²) in [4.78, 5) is 13.3. The molecule has 2 aromatic carbocycles. The van der Waals surface area contributed by atoms with Gasteiger partial charge < -0.3 is 14.6 Å². The van der Waals surface area contributed by atoms with E-state index < -0.39 is 23.3 Å². The Morgan fingerprint density at radius 1 is 1.16 bits per heavy atom. The second-order valence-electron chi connectivity index (χ2n) is 7.82. The van der Waals surface area contributed by atoms with Gasteiger partial charge in [-0.05, 0) is 48.2 Å². The minimum absolute atomic E-state index is 0.308. The highest BCUT2D eigenvalue weighted by molar-refractivity contribution is 5.71. The molecule has 0 saturated carbocycles. The highest BCUT2D eigenvalue weighted by atomic mass is 19.4. The number of methoxy groups -OCH3 is 1. The maximum absolute atomic E-state index is 13.0. The van der Waals surface area contributed by atoms with Gasteiger partial charge in [-0.15, -0.1) is 0 Å². The van der Waals surface area contributed by atoms with Crippen molar-refractivity contribution in [2.45, 2.75) is 31.5 Å². The first kappa shape index (κ1) is 23.8. The average molecular weight is 449 g/mol. The first-order valence-corrected chi connectivity index (χ1v) is 10.3. The molecule has 1 N–H and O–H groups in total. The van der Waals surface area contributed by atoms with E-state index in [0.717, 1.165) is 17.7 Å². The number of hydrogen-bond donors (Lipinski definition) is 1. The Morgan fingerprint density at radius 2 is 1.88 bits per heavy atom. The number of hydrogen-bond acceptors (Lipinski definition) is 5. The van der Waals surface area contributed by atoms with Crippen LogP contribution in [0.15, 0.2) is 48.5 Å². The van der Waals surface area contributed by atoms with Gasteiger partial charge in [-0.25, -0.2) is 0 Å². The molecule has 1 aliphatic rings. The summed E-state index contributed by atoms with van der Waals surface area (Å²) in [5.74, 6) is 0.371. The molecular formula is C24H26F3NO4. The zero-order valence-electron chi connectivity index (χ0n) is 18.0. The van der Waals surface area contributed by atoms with Crippen molar-refractivity contribution in [3.8, 4) is 11.5 Å². The van der Waals surface area contributed by atoms with E-state index in [0.29, 0.717) is 49.5 Å². The van der Waals surface area contributed by atoms with Crippen LogP contribution in [0.3, 0.4) is 0 Å². The molecule has 172 valence electrons. The lowest BCUT2D eigenvalue weighted by Gasteiger charge is -2.38. The molecule has 1 aliphatic heterocycles. The van der Waals surface area contributed by atoms with E-state index in [4.69, 9.17) is 9.47 Å². The standard InChI is InChI=1S/C24H26F3NO4/c1-17(29)32-21-9-8-18(15-22(21)31-2)5-4-12-28-13-10-23(30,11-14-28)19-6-3-7-20(16-19)24(25,26)27/h3-9,15-16,30H,10-14H2,1-2H3/b5-4-. The number of piperidine rings is 1. The van der Waals surface area contributed by atoms with Crippen LogP contribution in [0.4, 0.5) is 13.2 Å². The minimum atomic E-state index is -4.43. The summed E-state index contributed by atoms with van der Waals surface area (Å²) < 4.78 is 49.3. The molecular weight excluding hydrogens is 423 g/mol. The Labute approximate surface area is 185 Å². The van der Waals surface area contributed by atoms with E-state index in [1.165, 1.54) is 20.1 Å². The van der Waals surface area contributed by atoms with E-state index >= 15 is 0 Å². The SMILES string of the molecule is COc1cc(/C=C\CN2CCC(O)(c3cccc(C(F)(F)F)c3)CC2)ccc1OC(C)=O. The molecule has 1 heterocycles. The molecule has 3 rings (SSSR count). The molecule has 0 radical (unpaired) electrons. The van der Waals surface area contributed by atoms with Gasteiger partial charge in [0.15, 0.2) is 11.5 Å². The molecule has 32 heavy (non-hydrogen) atoms. The van der Waals surface area contributed by atoms with Crippen molar-refractivity contribution in [1.82, 2.24) is 4.90 Å². The summed E-state index contributed by atoms with van der Waals surface area (Å²) >= 11 is 0. The summed E-state index contributed by atoms with van der Waals surface area (Å²) in [6.07, 6.45) is 0.152. The van der Waals surface area contributed by atoms with Crippen LogP contribution in [0, 0.1) is 0 Å². The lowest BCUT2D eigenvalue weighted by atomic mass is 9.83. The van der Waals surface area contributed by atoms with Crippen LogP contribution in [-0.2, 0) is 16.6 Å². The van der Waals surface area contributed by atoms with Gasteiger partial charge in [-0.3, -0.25) is 9.69 Å². The van der Waals surface area contributed by atoms with Gasteiger partial charge in [0.2, 0.25) is 0 Å². The van der Waals surface area contributed by atoms with Crippen LogP contribution in [0.2, 0.25) is 0 Å². The predicted octanol–water partition coefficient (Wildman–Crippen LogP) is 4.64. The Morgan fingerprint density at radius 3 is 2.50 bits per heavy atom. The maximum atomic E-state index is 13.0. The van der Waals surface area contributed by atoms with Crippen LogP contribution in [0.25, 0.3) is 6.08 Å². The van der Waals surface area contributed by atoms with Crippen LogP contribution in [0.5, 0.6) is 11.5 Å². The molecule has 1 fully saturated rings. The van der Waals surface area contributed by atoms with E-state index in [-0.39, 0.29) is 0 Å². The van der Waals surface area contributed by atoms with Gasteiger partial charge >= 0.3 is 12.1 Å². The molecule has 1 saturated heterocycles. The van der Waals surface area contributed by atoms with Gasteiger partial charge in [0, 0.05) is 26.6 Å². The lowest BCUT2D eigenvalue weighted by molar-refractivity contribution is -0.138. The summed E-state index contributed by atoms with van der Waals surface area (Å²) in [7, 11) is 1.50. The summed E-state index contributed by atoms with van der Waals surface area (Å²) in [6.45, 7) is 3.07. The Balaban J connectivity index is 1.58. The molecule has 0 aromatic heterocycles. The quantitative estimate of drug-likeness (QED) is 0.515. The van der Waals surface area contributed by atoms with Crippen molar-refractivity contribution in [2.75, 3.05) is 26.7 Å². The zero-order chi connectivity index (χ0) is 23.4. The Kier molecular flexibility index (Phi) is 7.26. The molecule has 0 bridgehead atoms. The van der Waals surface area contributed by atoms with Crippen LogP contribution in [0.1, 0.15) is 36.5 Å². The Hall–Kier alpha value is -2.84. The first-order valence-electron chi connectivity index (χ1n) is 10.3. The smallest absolute Gasteiger partial charge is 0.416 e. The minimum Gasteiger partial charge on any atom is -0.493 e. The molecule has 0 unspecified atom stereocenters. The van der Waals surface area contributed by atoms with Crippen LogP contribution >= 0.6 is 0 Å². The number of carbonyl (C=O) groups excluding carboxylic acids is 1. The zero-order valence-corrected chi connectivity index (χ0v) is 18.0. The van der Waals surface area contributed by atoms with Crippen LogP contribution in [-0.4, -0.2) is 42.7 Å². The monoisotopic (exact) mass is 449 g/mol. The van der Waals surface area contributed by atoms with Crippen molar-refractivity contribution in [2.24, 2.45) is 0 Å². The molecule has 0 spiro atoms. The van der Waals surface area contributed by atoms with Crippen molar-refractivity contribution >= 4 is 12.0 Å². The van der Waals surface area contributed by atoms with Crippen molar-refractivity contribution in [3.05, 3.63) is 65.2 Å². The van der Waals surface area contributed by atoms with Gasteiger partial charge in [0.1, 0.15) is 0 Å². The molecule has 5 nitrogen and oxygen atoms in total. The molecule has 8 heteroatoms. The topological polar surface area (TPSA) is 59.0 Å². The molecule has 0 aliphatic carbocycles. The fourth-order valence-corrected chi connectivity index (χ4v) is 3.74. The maximum Gasteiger partial charge on any atom is 0.416 e. The fraction of sp³-hybridized carbons (Fsp3) is 0.375. The highest BCUT2D eigenvalue weighted by Crippen LogP contribution is 2.36. The van der Waals surface area contributed by atoms with Crippen molar-refractivity contribution < 1.29 is 32.5 Å².